The maximum Gasteiger partial charge on any atom is 0.116 e. The maximum atomic E-state index is 9.42. The molecule has 1 aromatic heterocycles. The summed E-state index contributed by atoms with van der Waals surface area (Å²) in [6.45, 7) is 0.856. The van der Waals surface area contributed by atoms with Crippen molar-refractivity contribution in [2.24, 2.45) is 0 Å². The molecule has 0 saturated heterocycles. The molecule has 0 bridgehead atoms. The summed E-state index contributed by atoms with van der Waals surface area (Å²) >= 11 is 0. The maximum absolute atomic E-state index is 9.42. The minimum atomic E-state index is 0.315. The minimum absolute atomic E-state index is 0.315. The highest BCUT2D eigenvalue weighted by Crippen LogP contribution is 2.21. The molecule has 0 spiro atoms. The van der Waals surface area contributed by atoms with Crippen LogP contribution in [0, 0.1) is 0 Å². The number of fused-ring (bicyclic) bond motifs is 1. The van der Waals surface area contributed by atoms with Gasteiger partial charge >= 0.3 is 0 Å². The Bertz CT molecular complexity index is 640. The van der Waals surface area contributed by atoms with Gasteiger partial charge in [0.15, 0.2) is 0 Å². The Kier molecular flexibility index (Phi) is 2.33. The van der Waals surface area contributed by atoms with Crippen molar-refractivity contribution in [2.45, 2.75) is 6.54 Å². The molecule has 84 valence electrons. The molecule has 1 heterocycles. The minimum Gasteiger partial charge on any atom is -0.508 e. The molecule has 2 nitrogen and oxygen atoms in total. The number of aromatic nitrogens is 1. The van der Waals surface area contributed by atoms with Crippen molar-refractivity contribution >= 4 is 10.9 Å². The van der Waals surface area contributed by atoms with Gasteiger partial charge in [0.1, 0.15) is 5.75 Å². The van der Waals surface area contributed by atoms with Crippen LogP contribution in [0.25, 0.3) is 10.9 Å². The van der Waals surface area contributed by atoms with Crippen LogP contribution in [0.3, 0.4) is 0 Å². The van der Waals surface area contributed by atoms with Gasteiger partial charge in [-0.25, -0.2) is 0 Å². The number of benzene rings is 2. The van der Waals surface area contributed by atoms with E-state index < -0.39 is 0 Å². The average Bonchev–Trinajstić information content (AvgIpc) is 2.73. The third kappa shape index (κ3) is 1.89. The van der Waals surface area contributed by atoms with E-state index in [4.69, 9.17) is 0 Å². The number of phenolic OH excluding ortho intramolecular Hbond substituents is 1. The van der Waals surface area contributed by atoms with Crippen LogP contribution in [0.15, 0.2) is 60.8 Å². The summed E-state index contributed by atoms with van der Waals surface area (Å²) in [6, 6.07) is 17.8. The SMILES string of the molecule is Oc1ccc2c(ccn2Cc2ccccc2)c1. The summed E-state index contributed by atoms with van der Waals surface area (Å²) in [5.41, 5.74) is 2.42. The Hall–Kier alpha value is -2.22. The first kappa shape index (κ1) is 9.97. The largest absolute Gasteiger partial charge is 0.508 e. The van der Waals surface area contributed by atoms with Gasteiger partial charge in [0.2, 0.25) is 0 Å². The monoisotopic (exact) mass is 223 g/mol. The van der Waals surface area contributed by atoms with E-state index in [0.29, 0.717) is 5.75 Å². The predicted molar refractivity (Wildman–Crippen MR) is 69.1 cm³/mol. The zero-order chi connectivity index (χ0) is 11.7. The standard InChI is InChI=1S/C15H13NO/c17-14-6-7-15-13(10-14)8-9-16(15)11-12-4-2-1-3-5-12/h1-10,17H,11H2. The molecular weight excluding hydrogens is 210 g/mol. The topological polar surface area (TPSA) is 25.2 Å². The quantitative estimate of drug-likeness (QED) is 0.707. The van der Waals surface area contributed by atoms with Gasteiger partial charge < -0.3 is 9.67 Å². The second-order valence-corrected chi connectivity index (χ2v) is 4.17. The lowest BCUT2D eigenvalue weighted by Crippen LogP contribution is -1.96. The smallest absolute Gasteiger partial charge is 0.116 e. The van der Waals surface area contributed by atoms with Crippen LogP contribution in [0.2, 0.25) is 0 Å². The van der Waals surface area contributed by atoms with E-state index in [1.165, 1.54) is 5.56 Å². The number of hydrogen-bond acceptors (Lipinski definition) is 1. The molecule has 0 unspecified atom stereocenters. The number of phenols is 1. The van der Waals surface area contributed by atoms with Gasteiger partial charge in [0.05, 0.1) is 0 Å². The molecule has 0 aliphatic carbocycles. The Morgan fingerprint density at radius 3 is 2.59 bits per heavy atom. The van der Waals surface area contributed by atoms with Crippen LogP contribution >= 0.6 is 0 Å². The lowest BCUT2D eigenvalue weighted by atomic mass is 10.2. The predicted octanol–water partition coefficient (Wildman–Crippen LogP) is 3.40. The molecule has 3 rings (SSSR count). The van der Waals surface area contributed by atoms with Crippen LogP contribution in [0.4, 0.5) is 0 Å². The van der Waals surface area contributed by atoms with Crippen LogP contribution in [0.5, 0.6) is 5.75 Å². The van der Waals surface area contributed by atoms with Crippen molar-refractivity contribution in [3.05, 3.63) is 66.4 Å². The fourth-order valence-corrected chi connectivity index (χ4v) is 2.11. The molecule has 0 atom stereocenters. The number of rotatable bonds is 2. The highest BCUT2D eigenvalue weighted by atomic mass is 16.3. The third-order valence-electron chi connectivity index (χ3n) is 2.95. The Morgan fingerprint density at radius 2 is 1.76 bits per heavy atom. The first-order chi connectivity index (χ1) is 8.33. The lowest BCUT2D eigenvalue weighted by Gasteiger charge is -2.05. The van der Waals surface area contributed by atoms with Gasteiger partial charge in [-0.3, -0.25) is 0 Å². The van der Waals surface area contributed by atoms with Crippen LogP contribution in [-0.4, -0.2) is 9.67 Å². The highest BCUT2D eigenvalue weighted by molar-refractivity contribution is 5.81. The molecule has 0 aliphatic rings. The molecule has 0 saturated carbocycles. The zero-order valence-corrected chi connectivity index (χ0v) is 9.38. The Labute approximate surface area is 99.7 Å². The van der Waals surface area contributed by atoms with Crippen molar-refractivity contribution in [1.82, 2.24) is 4.57 Å². The summed E-state index contributed by atoms with van der Waals surface area (Å²) in [5, 5.41) is 10.5. The molecule has 0 radical (unpaired) electrons. The summed E-state index contributed by atoms with van der Waals surface area (Å²) < 4.78 is 2.18. The van der Waals surface area contributed by atoms with Gasteiger partial charge in [-0.2, -0.15) is 0 Å². The van der Waals surface area contributed by atoms with E-state index in [2.05, 4.69) is 22.9 Å². The second kappa shape index (κ2) is 3.98. The van der Waals surface area contributed by atoms with Gasteiger partial charge in [0, 0.05) is 23.6 Å². The van der Waals surface area contributed by atoms with Crippen LogP contribution in [-0.2, 0) is 6.54 Å². The van der Waals surface area contributed by atoms with E-state index in [1.807, 2.05) is 30.3 Å². The van der Waals surface area contributed by atoms with Crippen LogP contribution < -0.4 is 0 Å². The van der Waals surface area contributed by atoms with E-state index in [-0.39, 0.29) is 0 Å². The summed E-state index contributed by atoms with van der Waals surface area (Å²) in [7, 11) is 0. The van der Waals surface area contributed by atoms with Gasteiger partial charge in [-0.15, -0.1) is 0 Å². The van der Waals surface area contributed by atoms with E-state index in [1.54, 1.807) is 12.1 Å². The van der Waals surface area contributed by atoms with Crippen molar-refractivity contribution in [2.75, 3.05) is 0 Å². The van der Waals surface area contributed by atoms with E-state index >= 15 is 0 Å². The molecule has 2 heteroatoms. The third-order valence-corrected chi connectivity index (χ3v) is 2.95. The molecular formula is C15H13NO. The summed E-state index contributed by atoms with van der Waals surface area (Å²) in [6.07, 6.45) is 2.05. The first-order valence-corrected chi connectivity index (χ1v) is 5.65. The first-order valence-electron chi connectivity index (χ1n) is 5.65. The van der Waals surface area contributed by atoms with Crippen molar-refractivity contribution in [3.8, 4) is 5.75 Å². The second-order valence-electron chi connectivity index (χ2n) is 4.17. The molecule has 3 aromatic rings. The van der Waals surface area contributed by atoms with Crippen molar-refractivity contribution < 1.29 is 5.11 Å². The number of aromatic hydroxyl groups is 1. The number of hydrogen-bond donors (Lipinski definition) is 1. The molecule has 0 fully saturated rings. The van der Waals surface area contributed by atoms with Gasteiger partial charge in [-0.05, 0) is 29.8 Å². The molecule has 17 heavy (non-hydrogen) atoms. The van der Waals surface area contributed by atoms with E-state index in [9.17, 15) is 5.11 Å². The number of nitrogens with zero attached hydrogens (tertiary/aromatic N) is 1. The summed E-state index contributed by atoms with van der Waals surface area (Å²) in [5.74, 6) is 0.315. The zero-order valence-electron chi connectivity index (χ0n) is 9.38. The Balaban J connectivity index is 2.01. The normalized spacial score (nSPS) is 10.8. The molecule has 1 N–H and O–H groups in total. The van der Waals surface area contributed by atoms with Gasteiger partial charge in [-0.1, -0.05) is 30.3 Å². The van der Waals surface area contributed by atoms with Crippen molar-refractivity contribution in [1.29, 1.82) is 0 Å². The van der Waals surface area contributed by atoms with Crippen LogP contribution in [0.1, 0.15) is 5.56 Å². The van der Waals surface area contributed by atoms with Gasteiger partial charge in [0.25, 0.3) is 0 Å². The fraction of sp³-hybridized carbons (Fsp3) is 0.0667. The Morgan fingerprint density at radius 1 is 0.941 bits per heavy atom. The molecule has 2 aromatic carbocycles. The molecule has 0 amide bonds. The van der Waals surface area contributed by atoms with E-state index in [0.717, 1.165) is 17.4 Å². The van der Waals surface area contributed by atoms with Crippen molar-refractivity contribution in [3.63, 3.8) is 0 Å². The average molecular weight is 223 g/mol. The lowest BCUT2D eigenvalue weighted by molar-refractivity contribution is 0.476. The highest BCUT2D eigenvalue weighted by Gasteiger charge is 2.02. The summed E-state index contributed by atoms with van der Waals surface area (Å²) in [4.78, 5) is 0. The molecule has 0 aliphatic heterocycles. The fourth-order valence-electron chi connectivity index (χ4n) is 2.11.